The van der Waals surface area contributed by atoms with Gasteiger partial charge in [0.1, 0.15) is 6.61 Å². The molecule has 0 aromatic rings. The van der Waals surface area contributed by atoms with Crippen molar-refractivity contribution < 1.29 is 14.3 Å². The van der Waals surface area contributed by atoms with Gasteiger partial charge in [-0.2, -0.15) is 0 Å². The summed E-state index contributed by atoms with van der Waals surface area (Å²) in [4.78, 5) is 10.3. The lowest BCUT2D eigenvalue weighted by molar-refractivity contribution is -0.121. The Morgan fingerprint density at radius 1 is 1.27 bits per heavy atom. The predicted molar refractivity (Wildman–Crippen MR) is 41.4 cm³/mol. The third-order valence-electron chi connectivity index (χ3n) is 0.940. The molecule has 0 aromatic heterocycles. The van der Waals surface area contributed by atoms with Gasteiger partial charge in [-0.15, -0.1) is 0 Å². The maximum Gasteiger partial charge on any atom is 0.155 e. The number of carbonyl (C=O) groups excluding carboxylic acids is 1. The average molecular weight is 161 g/mol. The largest absolute Gasteiger partial charge is 0.378 e. The standard InChI is InChI=1S/C7H15NO3/c1-7(9)6-11-5-4-10-3-2-8/h2-6,8H2,1H3. The van der Waals surface area contributed by atoms with Crippen molar-refractivity contribution in [1.29, 1.82) is 0 Å². The first-order valence-electron chi connectivity index (χ1n) is 3.62. The summed E-state index contributed by atoms with van der Waals surface area (Å²) in [5, 5.41) is 0. The van der Waals surface area contributed by atoms with E-state index in [1.807, 2.05) is 0 Å². The van der Waals surface area contributed by atoms with Gasteiger partial charge in [0.05, 0.1) is 19.8 Å². The Kier molecular flexibility index (Phi) is 7.34. The predicted octanol–water partition coefficient (Wildman–Crippen LogP) is -0.433. The van der Waals surface area contributed by atoms with Gasteiger partial charge < -0.3 is 15.2 Å². The minimum absolute atomic E-state index is 0.0313. The molecule has 66 valence electrons. The van der Waals surface area contributed by atoms with Crippen LogP contribution in [0.5, 0.6) is 0 Å². The molecule has 2 N–H and O–H groups in total. The fraction of sp³-hybridized carbons (Fsp3) is 0.857. The molecule has 0 fully saturated rings. The lowest BCUT2D eigenvalue weighted by Gasteiger charge is -2.01. The number of carbonyl (C=O) groups is 1. The number of ether oxygens (including phenoxy) is 2. The van der Waals surface area contributed by atoms with Crippen LogP contribution in [0.3, 0.4) is 0 Å². The van der Waals surface area contributed by atoms with Gasteiger partial charge in [-0.25, -0.2) is 0 Å². The van der Waals surface area contributed by atoms with E-state index in [0.29, 0.717) is 26.4 Å². The highest BCUT2D eigenvalue weighted by molar-refractivity contribution is 5.76. The summed E-state index contributed by atoms with van der Waals surface area (Å²) in [5.74, 6) is 0.0313. The summed E-state index contributed by atoms with van der Waals surface area (Å²) in [5.41, 5.74) is 5.17. The number of hydrogen-bond donors (Lipinski definition) is 1. The van der Waals surface area contributed by atoms with Crippen LogP contribution in [-0.4, -0.2) is 38.8 Å². The SMILES string of the molecule is CC(=O)COCCOCCN. The summed E-state index contributed by atoms with van der Waals surface area (Å²) in [6, 6.07) is 0. The summed E-state index contributed by atoms with van der Waals surface area (Å²) >= 11 is 0. The van der Waals surface area contributed by atoms with Crippen LogP contribution in [0, 0.1) is 0 Å². The molecule has 0 unspecified atom stereocenters. The minimum Gasteiger partial charge on any atom is -0.378 e. The molecule has 0 rings (SSSR count). The van der Waals surface area contributed by atoms with Crippen LogP contribution in [0.1, 0.15) is 6.92 Å². The number of hydrogen-bond acceptors (Lipinski definition) is 4. The molecule has 0 aliphatic heterocycles. The van der Waals surface area contributed by atoms with Gasteiger partial charge in [0.25, 0.3) is 0 Å². The highest BCUT2D eigenvalue weighted by Gasteiger charge is 1.92. The van der Waals surface area contributed by atoms with Crippen LogP contribution in [0.2, 0.25) is 0 Å². The molecule has 0 saturated carbocycles. The molecule has 0 radical (unpaired) electrons. The Bertz CT molecular complexity index is 106. The molecule has 4 nitrogen and oxygen atoms in total. The summed E-state index contributed by atoms with van der Waals surface area (Å²) in [6.07, 6.45) is 0. The maximum absolute atomic E-state index is 10.3. The third-order valence-corrected chi connectivity index (χ3v) is 0.940. The van der Waals surface area contributed by atoms with Crippen LogP contribution in [0.4, 0.5) is 0 Å². The Hall–Kier alpha value is -0.450. The van der Waals surface area contributed by atoms with Crippen LogP contribution in [-0.2, 0) is 14.3 Å². The first-order chi connectivity index (χ1) is 5.27. The Morgan fingerprint density at radius 3 is 2.45 bits per heavy atom. The van der Waals surface area contributed by atoms with Crippen LogP contribution in [0.25, 0.3) is 0 Å². The zero-order valence-electron chi connectivity index (χ0n) is 6.84. The number of rotatable bonds is 7. The second-order valence-electron chi connectivity index (χ2n) is 2.16. The topological polar surface area (TPSA) is 61.5 Å². The molecule has 0 aromatic carbocycles. The van der Waals surface area contributed by atoms with E-state index in [9.17, 15) is 4.79 Å². The van der Waals surface area contributed by atoms with Gasteiger partial charge in [0.15, 0.2) is 5.78 Å². The van der Waals surface area contributed by atoms with Crippen molar-refractivity contribution in [2.75, 3.05) is 33.0 Å². The quantitative estimate of drug-likeness (QED) is 0.514. The number of Topliss-reactive ketones (excluding diaryl/α,β-unsaturated/α-hetero) is 1. The molecular formula is C7H15NO3. The van der Waals surface area contributed by atoms with Crippen LogP contribution in [0.15, 0.2) is 0 Å². The van der Waals surface area contributed by atoms with Gasteiger partial charge in [-0.1, -0.05) is 0 Å². The summed E-state index contributed by atoms with van der Waals surface area (Å²) < 4.78 is 9.93. The van der Waals surface area contributed by atoms with E-state index in [4.69, 9.17) is 15.2 Å². The normalized spacial score (nSPS) is 10.0. The van der Waals surface area contributed by atoms with Crippen molar-refractivity contribution in [3.8, 4) is 0 Å². The zero-order chi connectivity index (χ0) is 8.53. The van der Waals surface area contributed by atoms with Crippen molar-refractivity contribution in [3.05, 3.63) is 0 Å². The van der Waals surface area contributed by atoms with E-state index in [-0.39, 0.29) is 12.4 Å². The van der Waals surface area contributed by atoms with E-state index < -0.39 is 0 Å². The number of nitrogens with two attached hydrogens (primary N) is 1. The van der Waals surface area contributed by atoms with Crippen molar-refractivity contribution in [3.63, 3.8) is 0 Å². The summed E-state index contributed by atoms with van der Waals surface area (Å²) in [6.45, 7) is 3.69. The van der Waals surface area contributed by atoms with E-state index in [1.165, 1.54) is 6.92 Å². The Morgan fingerprint density at radius 2 is 1.91 bits per heavy atom. The minimum atomic E-state index is 0.0313. The smallest absolute Gasteiger partial charge is 0.155 e. The van der Waals surface area contributed by atoms with E-state index in [2.05, 4.69) is 0 Å². The Labute approximate surface area is 66.7 Å². The highest BCUT2D eigenvalue weighted by Crippen LogP contribution is 1.78. The third kappa shape index (κ3) is 9.55. The van der Waals surface area contributed by atoms with Crippen molar-refractivity contribution >= 4 is 5.78 Å². The van der Waals surface area contributed by atoms with Gasteiger partial charge in [0, 0.05) is 6.54 Å². The zero-order valence-corrected chi connectivity index (χ0v) is 6.84. The molecule has 4 heteroatoms. The molecule has 0 aliphatic rings. The monoisotopic (exact) mass is 161 g/mol. The van der Waals surface area contributed by atoms with Gasteiger partial charge in [-0.05, 0) is 6.92 Å². The molecule has 0 heterocycles. The van der Waals surface area contributed by atoms with Crippen molar-refractivity contribution in [2.45, 2.75) is 6.92 Å². The first-order valence-corrected chi connectivity index (χ1v) is 3.62. The van der Waals surface area contributed by atoms with E-state index in [1.54, 1.807) is 0 Å². The summed E-state index contributed by atoms with van der Waals surface area (Å²) in [7, 11) is 0. The molecule has 0 spiro atoms. The maximum atomic E-state index is 10.3. The molecule has 0 saturated heterocycles. The van der Waals surface area contributed by atoms with Crippen molar-refractivity contribution in [2.24, 2.45) is 5.73 Å². The fourth-order valence-electron chi connectivity index (χ4n) is 0.519. The molecule has 0 amide bonds. The second-order valence-corrected chi connectivity index (χ2v) is 2.16. The fourth-order valence-corrected chi connectivity index (χ4v) is 0.519. The van der Waals surface area contributed by atoms with E-state index >= 15 is 0 Å². The van der Waals surface area contributed by atoms with E-state index in [0.717, 1.165) is 0 Å². The van der Waals surface area contributed by atoms with Gasteiger partial charge in [0.2, 0.25) is 0 Å². The molecule has 11 heavy (non-hydrogen) atoms. The lowest BCUT2D eigenvalue weighted by atomic mass is 10.5. The molecule has 0 bridgehead atoms. The van der Waals surface area contributed by atoms with Crippen molar-refractivity contribution in [1.82, 2.24) is 0 Å². The molecule has 0 atom stereocenters. The van der Waals surface area contributed by atoms with Crippen LogP contribution >= 0.6 is 0 Å². The average Bonchev–Trinajstić information content (AvgIpc) is 1.96. The molecule has 0 aliphatic carbocycles. The number of ketones is 1. The Balaban J connectivity index is 2.85. The van der Waals surface area contributed by atoms with Gasteiger partial charge >= 0.3 is 0 Å². The highest BCUT2D eigenvalue weighted by atomic mass is 16.5. The lowest BCUT2D eigenvalue weighted by Crippen LogP contribution is -2.13. The van der Waals surface area contributed by atoms with Gasteiger partial charge in [-0.3, -0.25) is 4.79 Å². The van der Waals surface area contributed by atoms with Crippen LogP contribution < -0.4 is 5.73 Å². The second kappa shape index (κ2) is 7.65. The molecular weight excluding hydrogens is 146 g/mol. The first kappa shape index (κ1) is 10.6.